The van der Waals surface area contributed by atoms with Crippen LogP contribution in [0, 0.1) is 0 Å². The van der Waals surface area contributed by atoms with Gasteiger partial charge in [-0.3, -0.25) is 9.78 Å². The third-order valence-corrected chi connectivity index (χ3v) is 4.57. The van der Waals surface area contributed by atoms with E-state index >= 15 is 0 Å². The molecule has 0 saturated heterocycles. The molecule has 28 heavy (non-hydrogen) atoms. The van der Waals surface area contributed by atoms with Crippen LogP contribution in [0.15, 0.2) is 89.6 Å². The van der Waals surface area contributed by atoms with Crippen molar-refractivity contribution in [1.29, 1.82) is 0 Å². The maximum absolute atomic E-state index is 12.3. The molecule has 2 heterocycles. The fraction of sp³-hybridized carbons (Fsp3) is 0. The minimum Gasteiger partial charge on any atom is -0.436 e. The molecule has 0 aliphatic heterocycles. The SMILES string of the molecule is O=C(Nc1ccc2oc(-c3ccc4ccccc4c3)nc2c1)c1cccnc1. The molecule has 0 fully saturated rings. The standard InChI is InChI=1S/C23H15N3O2/c27-22(18-6-3-11-24-14-18)25-19-9-10-21-20(13-19)26-23(28-21)17-8-7-15-4-1-2-5-16(15)12-17/h1-14H,(H,25,27). The van der Waals surface area contributed by atoms with Gasteiger partial charge in [0.15, 0.2) is 5.58 Å². The molecule has 0 radical (unpaired) electrons. The van der Waals surface area contributed by atoms with Crippen LogP contribution < -0.4 is 5.32 Å². The molecule has 1 amide bonds. The van der Waals surface area contributed by atoms with E-state index in [1.54, 1.807) is 30.5 Å². The summed E-state index contributed by atoms with van der Waals surface area (Å²) in [6.45, 7) is 0. The summed E-state index contributed by atoms with van der Waals surface area (Å²) >= 11 is 0. The first-order chi connectivity index (χ1) is 13.8. The van der Waals surface area contributed by atoms with E-state index in [0.29, 0.717) is 28.2 Å². The number of carbonyl (C=O) groups excluding carboxylic acids is 1. The Hall–Kier alpha value is -3.99. The van der Waals surface area contributed by atoms with Crippen LogP contribution in [-0.4, -0.2) is 15.9 Å². The van der Waals surface area contributed by atoms with Gasteiger partial charge in [-0.1, -0.05) is 30.3 Å². The number of pyridine rings is 1. The molecule has 0 spiro atoms. The van der Waals surface area contributed by atoms with Gasteiger partial charge in [-0.05, 0) is 53.2 Å². The van der Waals surface area contributed by atoms with Gasteiger partial charge in [0.1, 0.15) is 5.52 Å². The van der Waals surface area contributed by atoms with Crippen LogP contribution in [-0.2, 0) is 0 Å². The molecule has 5 heteroatoms. The number of nitrogens with zero attached hydrogens (tertiary/aromatic N) is 2. The molecule has 5 aromatic rings. The summed E-state index contributed by atoms with van der Waals surface area (Å²) in [6.07, 6.45) is 3.16. The summed E-state index contributed by atoms with van der Waals surface area (Å²) < 4.78 is 5.91. The van der Waals surface area contributed by atoms with Gasteiger partial charge < -0.3 is 9.73 Å². The molecule has 5 rings (SSSR count). The van der Waals surface area contributed by atoms with E-state index in [0.717, 1.165) is 10.9 Å². The predicted molar refractivity (Wildman–Crippen MR) is 109 cm³/mol. The summed E-state index contributed by atoms with van der Waals surface area (Å²) in [5, 5.41) is 5.16. The molecule has 3 aromatic carbocycles. The third-order valence-electron chi connectivity index (χ3n) is 4.57. The van der Waals surface area contributed by atoms with E-state index in [-0.39, 0.29) is 5.91 Å². The summed E-state index contributed by atoms with van der Waals surface area (Å²) in [7, 11) is 0. The monoisotopic (exact) mass is 365 g/mol. The van der Waals surface area contributed by atoms with Crippen LogP contribution in [0.1, 0.15) is 10.4 Å². The molecule has 0 unspecified atom stereocenters. The van der Waals surface area contributed by atoms with Gasteiger partial charge in [0, 0.05) is 23.6 Å². The lowest BCUT2D eigenvalue weighted by molar-refractivity contribution is 0.102. The van der Waals surface area contributed by atoms with Crippen molar-refractivity contribution in [3.05, 3.63) is 90.8 Å². The third kappa shape index (κ3) is 2.99. The van der Waals surface area contributed by atoms with Gasteiger partial charge in [0.05, 0.1) is 5.56 Å². The minimum absolute atomic E-state index is 0.217. The van der Waals surface area contributed by atoms with Crippen LogP contribution >= 0.6 is 0 Å². The Morgan fingerprint density at radius 2 is 1.79 bits per heavy atom. The molecule has 1 N–H and O–H groups in total. The van der Waals surface area contributed by atoms with Crippen molar-refractivity contribution >= 4 is 33.5 Å². The van der Waals surface area contributed by atoms with Crippen molar-refractivity contribution in [2.24, 2.45) is 0 Å². The fourth-order valence-corrected chi connectivity index (χ4v) is 3.15. The van der Waals surface area contributed by atoms with E-state index < -0.39 is 0 Å². The molecular formula is C23H15N3O2. The summed E-state index contributed by atoms with van der Waals surface area (Å²) in [6, 6.07) is 23.1. The van der Waals surface area contributed by atoms with Crippen LogP contribution in [0.4, 0.5) is 5.69 Å². The van der Waals surface area contributed by atoms with Crippen molar-refractivity contribution in [3.63, 3.8) is 0 Å². The first-order valence-corrected chi connectivity index (χ1v) is 8.87. The Kier molecular flexibility index (Phi) is 3.84. The van der Waals surface area contributed by atoms with Crippen LogP contribution in [0.2, 0.25) is 0 Å². The number of benzene rings is 3. The first-order valence-electron chi connectivity index (χ1n) is 8.87. The second-order valence-electron chi connectivity index (χ2n) is 6.46. The Morgan fingerprint density at radius 1 is 0.893 bits per heavy atom. The van der Waals surface area contributed by atoms with E-state index in [4.69, 9.17) is 4.42 Å². The van der Waals surface area contributed by atoms with Crippen molar-refractivity contribution in [2.75, 3.05) is 5.32 Å². The number of hydrogen-bond acceptors (Lipinski definition) is 4. The average Bonchev–Trinajstić information content (AvgIpc) is 3.17. The Balaban J connectivity index is 1.47. The average molecular weight is 365 g/mol. The molecule has 0 saturated carbocycles. The van der Waals surface area contributed by atoms with Crippen molar-refractivity contribution < 1.29 is 9.21 Å². The molecule has 0 bridgehead atoms. The molecule has 0 atom stereocenters. The quantitative estimate of drug-likeness (QED) is 0.471. The number of hydrogen-bond donors (Lipinski definition) is 1. The highest BCUT2D eigenvalue weighted by atomic mass is 16.3. The normalized spacial score (nSPS) is 11.0. The molecule has 5 nitrogen and oxygen atoms in total. The van der Waals surface area contributed by atoms with Crippen molar-refractivity contribution in [3.8, 4) is 11.5 Å². The zero-order valence-corrected chi connectivity index (χ0v) is 14.8. The maximum Gasteiger partial charge on any atom is 0.257 e. The zero-order valence-electron chi connectivity index (χ0n) is 14.8. The number of aromatic nitrogens is 2. The van der Waals surface area contributed by atoms with E-state index in [1.165, 1.54) is 11.6 Å². The Morgan fingerprint density at radius 3 is 2.64 bits per heavy atom. The topological polar surface area (TPSA) is 68.0 Å². The van der Waals surface area contributed by atoms with E-state index in [9.17, 15) is 4.79 Å². The number of oxazole rings is 1. The molecule has 134 valence electrons. The second kappa shape index (κ2) is 6.63. The Labute approximate surface area is 160 Å². The van der Waals surface area contributed by atoms with Crippen molar-refractivity contribution in [1.82, 2.24) is 9.97 Å². The maximum atomic E-state index is 12.3. The predicted octanol–water partition coefficient (Wildman–Crippen LogP) is 5.30. The zero-order chi connectivity index (χ0) is 18.9. The first kappa shape index (κ1) is 16.2. The number of rotatable bonds is 3. The minimum atomic E-state index is -0.217. The lowest BCUT2D eigenvalue weighted by Gasteiger charge is -2.04. The summed E-state index contributed by atoms with van der Waals surface area (Å²) in [4.78, 5) is 20.9. The van der Waals surface area contributed by atoms with Crippen molar-refractivity contribution in [2.45, 2.75) is 0 Å². The molecule has 0 aliphatic rings. The van der Waals surface area contributed by atoms with Gasteiger partial charge in [0.2, 0.25) is 5.89 Å². The van der Waals surface area contributed by atoms with Crippen LogP contribution in [0.3, 0.4) is 0 Å². The van der Waals surface area contributed by atoms with Gasteiger partial charge in [0.25, 0.3) is 5.91 Å². The summed E-state index contributed by atoms with van der Waals surface area (Å²) in [5.41, 5.74) is 3.42. The lowest BCUT2D eigenvalue weighted by Crippen LogP contribution is -2.11. The molecule has 2 aromatic heterocycles. The number of carbonyl (C=O) groups is 1. The van der Waals surface area contributed by atoms with Gasteiger partial charge in [-0.2, -0.15) is 0 Å². The molecular weight excluding hydrogens is 350 g/mol. The number of anilines is 1. The lowest BCUT2D eigenvalue weighted by atomic mass is 10.1. The fourth-order valence-electron chi connectivity index (χ4n) is 3.15. The van der Waals surface area contributed by atoms with E-state index in [2.05, 4.69) is 39.6 Å². The van der Waals surface area contributed by atoms with Gasteiger partial charge in [-0.25, -0.2) is 4.98 Å². The van der Waals surface area contributed by atoms with Gasteiger partial charge >= 0.3 is 0 Å². The molecule has 0 aliphatic carbocycles. The van der Waals surface area contributed by atoms with Gasteiger partial charge in [-0.15, -0.1) is 0 Å². The van der Waals surface area contributed by atoms with Crippen LogP contribution in [0.5, 0.6) is 0 Å². The highest BCUT2D eigenvalue weighted by Crippen LogP contribution is 2.28. The smallest absolute Gasteiger partial charge is 0.257 e. The highest BCUT2D eigenvalue weighted by Gasteiger charge is 2.11. The number of fused-ring (bicyclic) bond motifs is 2. The largest absolute Gasteiger partial charge is 0.436 e. The summed E-state index contributed by atoms with van der Waals surface area (Å²) in [5.74, 6) is 0.335. The number of amides is 1. The second-order valence-corrected chi connectivity index (χ2v) is 6.46. The Bertz CT molecular complexity index is 1310. The number of nitrogens with one attached hydrogen (secondary N) is 1. The highest BCUT2D eigenvalue weighted by molar-refractivity contribution is 6.04. The van der Waals surface area contributed by atoms with E-state index in [1.807, 2.05) is 24.3 Å². The van der Waals surface area contributed by atoms with Crippen LogP contribution in [0.25, 0.3) is 33.3 Å².